The molecule has 3 rings (SSSR count). The first kappa shape index (κ1) is 23.5. The van der Waals surface area contributed by atoms with Gasteiger partial charge in [-0.05, 0) is 29.8 Å². The average Bonchev–Trinajstić information content (AvgIpc) is 3.25. The van der Waals surface area contributed by atoms with Crippen molar-refractivity contribution in [2.75, 3.05) is 0 Å². The molecular formula is C18H13Cl3N4O7. The lowest BCUT2D eigenvalue weighted by atomic mass is 10.0. The molecule has 3 aromatic rings. The van der Waals surface area contributed by atoms with Crippen molar-refractivity contribution in [2.45, 2.75) is 18.6 Å². The van der Waals surface area contributed by atoms with Gasteiger partial charge in [0.1, 0.15) is 0 Å². The molecule has 0 bridgehead atoms. The molecule has 1 aromatic heterocycles. The van der Waals surface area contributed by atoms with E-state index in [1.807, 2.05) is 0 Å². The quantitative estimate of drug-likeness (QED) is 0.218. The van der Waals surface area contributed by atoms with Crippen LogP contribution >= 0.6 is 34.8 Å². The minimum Gasteiger partial charge on any atom is -0.339 e. The summed E-state index contributed by atoms with van der Waals surface area (Å²) >= 11 is 18.2. The number of hydrogen-bond donors (Lipinski definition) is 0. The minimum atomic E-state index is -2.54. The third kappa shape index (κ3) is 5.37. The Balaban J connectivity index is 2.19. The molecular weight excluding hydrogens is 491 g/mol. The Hall–Kier alpha value is -3.12. The van der Waals surface area contributed by atoms with E-state index in [2.05, 4.69) is 4.98 Å². The topological polar surface area (TPSA) is 132 Å². The van der Waals surface area contributed by atoms with E-state index in [4.69, 9.17) is 49.2 Å². The van der Waals surface area contributed by atoms with Gasteiger partial charge in [0.2, 0.25) is 6.23 Å². The smallest absolute Gasteiger partial charge is 0.297 e. The zero-order valence-electron chi connectivity index (χ0n) is 15.8. The lowest BCUT2D eigenvalue weighted by molar-refractivity contribution is -0.835. The highest BCUT2D eigenvalue weighted by Gasteiger charge is 2.51. The summed E-state index contributed by atoms with van der Waals surface area (Å²) in [5.74, 6) is -2.54. The number of halogens is 3. The summed E-state index contributed by atoms with van der Waals surface area (Å²) in [5, 5.41) is 21.1. The van der Waals surface area contributed by atoms with Crippen molar-refractivity contribution in [2.24, 2.45) is 0 Å². The standard InChI is InChI=1S/C18H13Cl3N4O7/c19-13-3-1-12(2-4-13)10-30-18(32-25(28)29,15-6-5-14(20)9-16(15)21)17(31-24(26)27)23-8-7-22-11-23/h1-9,11,17H,10H2. The molecule has 0 N–H and O–H groups in total. The van der Waals surface area contributed by atoms with Gasteiger partial charge in [-0.15, -0.1) is 20.2 Å². The van der Waals surface area contributed by atoms with Crippen molar-refractivity contribution in [1.82, 2.24) is 9.55 Å². The fraction of sp³-hybridized carbons (Fsp3) is 0.167. The van der Waals surface area contributed by atoms with E-state index >= 15 is 0 Å². The van der Waals surface area contributed by atoms with Gasteiger partial charge in [0, 0.05) is 28.0 Å². The Morgan fingerprint density at radius 1 is 1.03 bits per heavy atom. The van der Waals surface area contributed by atoms with Crippen LogP contribution in [0.15, 0.2) is 61.2 Å². The van der Waals surface area contributed by atoms with E-state index < -0.39 is 22.2 Å². The maximum absolute atomic E-state index is 11.5. The van der Waals surface area contributed by atoms with Crippen LogP contribution in [0.1, 0.15) is 17.4 Å². The van der Waals surface area contributed by atoms with Crippen LogP contribution in [0.5, 0.6) is 0 Å². The van der Waals surface area contributed by atoms with E-state index in [0.29, 0.717) is 10.6 Å². The molecule has 0 saturated heterocycles. The number of hydrogen-bond acceptors (Lipinski definition) is 8. The Morgan fingerprint density at radius 3 is 2.28 bits per heavy atom. The third-order valence-electron chi connectivity index (χ3n) is 4.19. The van der Waals surface area contributed by atoms with Gasteiger partial charge in [0.05, 0.1) is 18.0 Å². The fourth-order valence-electron chi connectivity index (χ4n) is 2.87. The zero-order valence-corrected chi connectivity index (χ0v) is 18.1. The largest absolute Gasteiger partial charge is 0.339 e. The predicted molar refractivity (Wildman–Crippen MR) is 112 cm³/mol. The van der Waals surface area contributed by atoms with E-state index in [1.54, 1.807) is 24.3 Å². The number of imidazole rings is 1. The van der Waals surface area contributed by atoms with Crippen LogP contribution in [-0.2, 0) is 26.8 Å². The number of ether oxygens (including phenoxy) is 1. The van der Waals surface area contributed by atoms with Gasteiger partial charge < -0.3 is 9.30 Å². The molecule has 14 heteroatoms. The molecule has 0 fully saturated rings. The van der Waals surface area contributed by atoms with Gasteiger partial charge in [-0.2, -0.15) is 0 Å². The molecule has 0 aliphatic carbocycles. The molecule has 2 atom stereocenters. The van der Waals surface area contributed by atoms with Crippen molar-refractivity contribution >= 4 is 34.8 Å². The summed E-state index contributed by atoms with van der Waals surface area (Å²) in [7, 11) is 0. The van der Waals surface area contributed by atoms with Crippen LogP contribution in [0.25, 0.3) is 0 Å². The van der Waals surface area contributed by atoms with Crippen LogP contribution in [0.4, 0.5) is 0 Å². The molecule has 0 amide bonds. The van der Waals surface area contributed by atoms with Crippen molar-refractivity contribution in [3.8, 4) is 0 Å². The Bertz CT molecular complexity index is 1100. The molecule has 0 aliphatic rings. The van der Waals surface area contributed by atoms with Crippen molar-refractivity contribution in [3.63, 3.8) is 0 Å². The SMILES string of the molecule is O=[N+]([O-])OC(n1ccnc1)C(OCc1ccc(Cl)cc1)(O[N+](=O)[O-])c1ccc(Cl)cc1Cl. The van der Waals surface area contributed by atoms with Crippen LogP contribution in [0.2, 0.25) is 15.1 Å². The predicted octanol–water partition coefficient (Wildman–Crippen LogP) is 4.83. The fourth-order valence-corrected chi connectivity index (χ4v) is 3.53. The van der Waals surface area contributed by atoms with Crippen LogP contribution in [0, 0.1) is 20.2 Å². The van der Waals surface area contributed by atoms with Gasteiger partial charge in [0.25, 0.3) is 16.0 Å². The summed E-state index contributed by atoms with van der Waals surface area (Å²) in [4.78, 5) is 36.4. The highest BCUT2D eigenvalue weighted by Crippen LogP contribution is 2.44. The second-order valence-corrected chi connectivity index (χ2v) is 7.49. The molecule has 32 heavy (non-hydrogen) atoms. The molecule has 0 radical (unpaired) electrons. The van der Waals surface area contributed by atoms with Gasteiger partial charge in [-0.25, -0.2) is 4.98 Å². The number of nitrogens with zero attached hydrogens (tertiary/aromatic N) is 4. The first-order valence-electron chi connectivity index (χ1n) is 8.67. The maximum atomic E-state index is 11.5. The van der Waals surface area contributed by atoms with E-state index in [9.17, 15) is 20.2 Å². The Labute approximate surface area is 195 Å². The molecule has 11 nitrogen and oxygen atoms in total. The first-order valence-corrected chi connectivity index (χ1v) is 9.80. The lowest BCUT2D eigenvalue weighted by Gasteiger charge is -2.37. The van der Waals surface area contributed by atoms with Gasteiger partial charge in [-0.3, -0.25) is 9.68 Å². The van der Waals surface area contributed by atoms with Gasteiger partial charge in [-0.1, -0.05) is 53.0 Å². The van der Waals surface area contributed by atoms with E-state index in [0.717, 1.165) is 10.9 Å². The third-order valence-corrected chi connectivity index (χ3v) is 4.99. The van der Waals surface area contributed by atoms with Crippen LogP contribution in [0.3, 0.4) is 0 Å². The molecule has 168 valence electrons. The maximum Gasteiger partial charge on any atom is 0.297 e. The summed E-state index contributed by atoms with van der Waals surface area (Å²) < 4.78 is 6.92. The van der Waals surface area contributed by atoms with Crippen LogP contribution in [-0.4, -0.2) is 19.7 Å². The van der Waals surface area contributed by atoms with Crippen molar-refractivity contribution in [3.05, 3.63) is 108 Å². The summed E-state index contributed by atoms with van der Waals surface area (Å²) in [6.45, 7) is -0.295. The summed E-state index contributed by atoms with van der Waals surface area (Å²) in [6.07, 6.45) is 1.84. The van der Waals surface area contributed by atoms with Gasteiger partial charge >= 0.3 is 0 Å². The Morgan fingerprint density at radius 2 is 1.72 bits per heavy atom. The number of rotatable bonds is 10. The lowest BCUT2D eigenvalue weighted by Crippen LogP contribution is -2.45. The molecule has 2 unspecified atom stereocenters. The highest BCUT2D eigenvalue weighted by molar-refractivity contribution is 6.35. The minimum absolute atomic E-state index is 0.118. The first-order chi connectivity index (χ1) is 15.2. The summed E-state index contributed by atoms with van der Waals surface area (Å²) in [5.41, 5.74) is 0.385. The molecule has 1 heterocycles. The van der Waals surface area contributed by atoms with Crippen molar-refractivity contribution in [1.29, 1.82) is 0 Å². The van der Waals surface area contributed by atoms with Crippen molar-refractivity contribution < 1.29 is 24.6 Å². The Kier molecular flexibility index (Phi) is 7.36. The summed E-state index contributed by atoms with van der Waals surface area (Å²) in [6, 6.07) is 10.3. The van der Waals surface area contributed by atoms with Gasteiger partial charge in [0.15, 0.2) is 0 Å². The van der Waals surface area contributed by atoms with E-state index in [1.165, 1.54) is 30.6 Å². The molecule has 0 spiro atoms. The van der Waals surface area contributed by atoms with Crippen LogP contribution < -0.4 is 0 Å². The number of benzene rings is 2. The molecule has 2 aromatic carbocycles. The zero-order chi connectivity index (χ0) is 23.3. The molecule has 0 aliphatic heterocycles. The normalized spacial score (nSPS) is 13.7. The number of aromatic nitrogens is 2. The molecule has 0 saturated carbocycles. The average molecular weight is 504 g/mol. The second kappa shape index (κ2) is 10.0. The highest BCUT2D eigenvalue weighted by atomic mass is 35.5. The second-order valence-electron chi connectivity index (χ2n) is 6.21. The van der Waals surface area contributed by atoms with E-state index in [-0.39, 0.29) is 22.2 Å². The monoisotopic (exact) mass is 502 g/mol.